The molecule has 0 unspecified atom stereocenters. The SMILES string of the molecule is O=C1C2=C(CCCC2)C(=O)N1c1ccc(Cl)c2ncccc12. The van der Waals surface area contributed by atoms with E-state index in [9.17, 15) is 9.59 Å². The lowest BCUT2D eigenvalue weighted by Crippen LogP contribution is -2.31. The van der Waals surface area contributed by atoms with Crippen molar-refractivity contribution in [2.45, 2.75) is 25.7 Å². The molecule has 2 amide bonds. The van der Waals surface area contributed by atoms with Crippen LogP contribution in [-0.2, 0) is 9.59 Å². The van der Waals surface area contributed by atoms with Crippen LogP contribution in [0.2, 0.25) is 5.02 Å². The molecule has 0 radical (unpaired) electrons. The molecule has 1 aliphatic carbocycles. The number of halogens is 1. The molecule has 0 N–H and O–H groups in total. The Bertz CT molecular complexity index is 829. The van der Waals surface area contributed by atoms with Gasteiger partial charge in [-0.1, -0.05) is 11.6 Å². The molecule has 2 aromatic rings. The molecule has 0 atom stereocenters. The molecule has 22 heavy (non-hydrogen) atoms. The number of imide groups is 1. The van der Waals surface area contributed by atoms with Gasteiger partial charge in [-0.05, 0) is 49.9 Å². The number of rotatable bonds is 1. The minimum atomic E-state index is -0.188. The maximum atomic E-state index is 12.7. The fraction of sp³-hybridized carbons (Fsp3) is 0.235. The van der Waals surface area contributed by atoms with Crippen molar-refractivity contribution in [2.24, 2.45) is 0 Å². The van der Waals surface area contributed by atoms with Gasteiger partial charge < -0.3 is 0 Å². The van der Waals surface area contributed by atoms with Crippen LogP contribution in [-0.4, -0.2) is 16.8 Å². The first-order chi connectivity index (χ1) is 10.7. The molecule has 1 aliphatic heterocycles. The first kappa shape index (κ1) is 13.5. The largest absolute Gasteiger partial charge is 0.269 e. The lowest BCUT2D eigenvalue weighted by Gasteiger charge is -2.17. The highest BCUT2D eigenvalue weighted by molar-refractivity contribution is 6.38. The highest BCUT2D eigenvalue weighted by atomic mass is 35.5. The summed E-state index contributed by atoms with van der Waals surface area (Å²) in [7, 11) is 0. The topological polar surface area (TPSA) is 50.3 Å². The van der Waals surface area contributed by atoms with E-state index in [0.717, 1.165) is 18.2 Å². The summed E-state index contributed by atoms with van der Waals surface area (Å²) in [5, 5.41) is 1.23. The molecule has 4 rings (SSSR count). The second-order valence-corrected chi connectivity index (χ2v) is 5.98. The lowest BCUT2D eigenvalue weighted by molar-refractivity contribution is -0.120. The summed E-state index contributed by atoms with van der Waals surface area (Å²) in [6, 6.07) is 7.02. The maximum Gasteiger partial charge on any atom is 0.261 e. The zero-order valence-corrected chi connectivity index (χ0v) is 12.6. The summed E-state index contributed by atoms with van der Waals surface area (Å²) in [6.45, 7) is 0. The Morgan fingerprint density at radius 3 is 2.36 bits per heavy atom. The van der Waals surface area contributed by atoms with Crippen molar-refractivity contribution in [2.75, 3.05) is 4.90 Å². The van der Waals surface area contributed by atoms with E-state index in [1.165, 1.54) is 4.90 Å². The molecule has 2 heterocycles. The zero-order valence-electron chi connectivity index (χ0n) is 11.8. The quantitative estimate of drug-likeness (QED) is 0.755. The van der Waals surface area contributed by atoms with Gasteiger partial charge in [0.25, 0.3) is 11.8 Å². The van der Waals surface area contributed by atoms with Crippen molar-refractivity contribution in [3.05, 3.63) is 46.6 Å². The van der Waals surface area contributed by atoms with E-state index in [2.05, 4.69) is 4.98 Å². The van der Waals surface area contributed by atoms with Gasteiger partial charge in [-0.25, -0.2) is 4.90 Å². The number of aromatic nitrogens is 1. The molecule has 0 bridgehead atoms. The third-order valence-corrected chi connectivity index (χ3v) is 4.63. The van der Waals surface area contributed by atoms with E-state index in [1.807, 2.05) is 6.07 Å². The van der Waals surface area contributed by atoms with Crippen molar-refractivity contribution >= 4 is 40.0 Å². The summed E-state index contributed by atoms with van der Waals surface area (Å²) >= 11 is 6.17. The Morgan fingerprint density at radius 1 is 1.00 bits per heavy atom. The number of pyridine rings is 1. The van der Waals surface area contributed by atoms with E-state index in [-0.39, 0.29) is 11.8 Å². The third-order valence-electron chi connectivity index (χ3n) is 4.33. The van der Waals surface area contributed by atoms with Gasteiger partial charge in [0.2, 0.25) is 0 Å². The number of benzene rings is 1. The van der Waals surface area contributed by atoms with Crippen molar-refractivity contribution in [1.29, 1.82) is 0 Å². The molecule has 0 saturated carbocycles. The summed E-state index contributed by atoms with van der Waals surface area (Å²) in [5.41, 5.74) is 2.54. The molecular formula is C17H13ClN2O2. The zero-order chi connectivity index (χ0) is 15.3. The molecular weight excluding hydrogens is 300 g/mol. The van der Waals surface area contributed by atoms with Crippen molar-refractivity contribution in [3.63, 3.8) is 0 Å². The molecule has 4 nitrogen and oxygen atoms in total. The third kappa shape index (κ3) is 1.80. The van der Waals surface area contributed by atoms with Crippen LogP contribution in [0, 0.1) is 0 Å². The van der Waals surface area contributed by atoms with Gasteiger partial charge in [-0.2, -0.15) is 0 Å². The van der Waals surface area contributed by atoms with Crippen LogP contribution < -0.4 is 4.90 Å². The van der Waals surface area contributed by atoms with Gasteiger partial charge in [0.1, 0.15) is 0 Å². The summed E-state index contributed by atoms with van der Waals surface area (Å²) in [5.74, 6) is -0.376. The molecule has 110 valence electrons. The van der Waals surface area contributed by atoms with Gasteiger partial charge in [0.15, 0.2) is 0 Å². The highest BCUT2D eigenvalue weighted by Gasteiger charge is 2.40. The molecule has 0 spiro atoms. The van der Waals surface area contributed by atoms with Crippen LogP contribution in [0.1, 0.15) is 25.7 Å². The summed E-state index contributed by atoms with van der Waals surface area (Å²) < 4.78 is 0. The van der Waals surface area contributed by atoms with Crippen molar-refractivity contribution in [3.8, 4) is 0 Å². The second-order valence-electron chi connectivity index (χ2n) is 5.58. The Labute approximate surface area is 132 Å². The number of anilines is 1. The second kappa shape index (κ2) is 4.92. The predicted octanol–water partition coefficient (Wildman–Crippen LogP) is 3.63. The number of carbonyl (C=O) groups excluding carboxylic acids is 2. The fourth-order valence-electron chi connectivity index (χ4n) is 3.28. The average molecular weight is 313 g/mol. The Kier molecular flexibility index (Phi) is 3.01. The highest BCUT2D eigenvalue weighted by Crippen LogP contribution is 2.39. The minimum absolute atomic E-state index is 0.188. The Hall–Kier alpha value is -2.20. The Balaban J connectivity index is 1.89. The van der Waals surface area contributed by atoms with E-state index < -0.39 is 0 Å². The normalized spacial score (nSPS) is 18.3. The smallest absolute Gasteiger partial charge is 0.261 e. The van der Waals surface area contributed by atoms with Crippen LogP contribution in [0.5, 0.6) is 0 Å². The fourth-order valence-corrected chi connectivity index (χ4v) is 3.49. The summed E-state index contributed by atoms with van der Waals surface area (Å²) in [4.78, 5) is 30.9. The molecule has 1 aromatic heterocycles. The first-order valence-electron chi connectivity index (χ1n) is 7.32. The molecule has 1 aromatic carbocycles. The van der Waals surface area contributed by atoms with E-state index in [1.54, 1.807) is 24.4 Å². The first-order valence-corrected chi connectivity index (χ1v) is 7.70. The molecule has 0 saturated heterocycles. The number of amides is 2. The van der Waals surface area contributed by atoms with Crippen molar-refractivity contribution in [1.82, 2.24) is 4.98 Å². The maximum absolute atomic E-state index is 12.7. The number of fused-ring (bicyclic) bond motifs is 1. The van der Waals surface area contributed by atoms with Crippen LogP contribution in [0.15, 0.2) is 41.6 Å². The number of carbonyl (C=O) groups is 2. The lowest BCUT2D eigenvalue weighted by atomic mass is 9.93. The number of nitrogens with zero attached hydrogens (tertiary/aromatic N) is 2. The van der Waals surface area contributed by atoms with Crippen LogP contribution >= 0.6 is 11.6 Å². The van der Waals surface area contributed by atoms with Gasteiger partial charge in [0.05, 0.1) is 16.2 Å². The monoisotopic (exact) mass is 312 g/mol. The standard InChI is InChI=1S/C17H13ClN2O2/c18-13-7-8-14(12-6-3-9-19-15(12)13)20-16(21)10-4-1-2-5-11(10)17(20)22/h3,6-9H,1-2,4-5H2. The van der Waals surface area contributed by atoms with E-state index in [4.69, 9.17) is 11.6 Å². The minimum Gasteiger partial charge on any atom is -0.269 e. The van der Waals surface area contributed by atoms with E-state index >= 15 is 0 Å². The van der Waals surface area contributed by atoms with Crippen molar-refractivity contribution < 1.29 is 9.59 Å². The van der Waals surface area contributed by atoms with Gasteiger partial charge in [0, 0.05) is 22.7 Å². The van der Waals surface area contributed by atoms with Crippen LogP contribution in [0.3, 0.4) is 0 Å². The van der Waals surface area contributed by atoms with E-state index in [0.29, 0.717) is 40.2 Å². The van der Waals surface area contributed by atoms with Crippen LogP contribution in [0.25, 0.3) is 10.9 Å². The molecule has 5 heteroatoms. The predicted molar refractivity (Wildman–Crippen MR) is 84.7 cm³/mol. The summed E-state index contributed by atoms with van der Waals surface area (Å²) in [6.07, 6.45) is 4.97. The molecule has 2 aliphatic rings. The van der Waals surface area contributed by atoms with Gasteiger partial charge in [-0.3, -0.25) is 14.6 Å². The van der Waals surface area contributed by atoms with Gasteiger partial charge in [-0.15, -0.1) is 0 Å². The average Bonchev–Trinajstić information content (AvgIpc) is 2.81. The van der Waals surface area contributed by atoms with Crippen LogP contribution in [0.4, 0.5) is 5.69 Å². The molecule has 0 fully saturated rings. The number of hydrogen-bond donors (Lipinski definition) is 0. The Morgan fingerprint density at radius 2 is 1.68 bits per heavy atom. The van der Waals surface area contributed by atoms with Gasteiger partial charge >= 0.3 is 0 Å². The number of hydrogen-bond acceptors (Lipinski definition) is 3.